The van der Waals surface area contributed by atoms with Crippen LogP contribution < -0.4 is 10.6 Å². The van der Waals surface area contributed by atoms with Crippen LogP contribution in [-0.2, 0) is 4.57 Å². The Kier molecular flexibility index (Phi) is 12.1. The van der Waals surface area contributed by atoms with E-state index in [4.69, 9.17) is 0 Å². The van der Waals surface area contributed by atoms with E-state index in [0.717, 1.165) is 11.1 Å². The average molecular weight is 902 g/mol. The highest BCUT2D eigenvalue weighted by molar-refractivity contribution is 7.82. The maximum Gasteiger partial charge on any atom is 0.170 e. The molecule has 0 fully saturated rings. The molecule has 2 aliphatic carbocycles. The third-order valence-electron chi connectivity index (χ3n) is 11.9. The molecule has 0 aliphatic heterocycles. The number of rotatable bonds is 10. The molecule has 7 aromatic rings. The lowest BCUT2D eigenvalue weighted by Crippen LogP contribution is -2.21. The van der Waals surface area contributed by atoms with Gasteiger partial charge in [-0.25, -0.2) is 41.3 Å². The zero-order chi connectivity index (χ0) is 46.1. The lowest BCUT2D eigenvalue weighted by molar-refractivity contribution is 0.444. The third-order valence-corrected chi connectivity index (χ3v) is 15.0. The van der Waals surface area contributed by atoms with E-state index in [2.05, 4.69) is 15.0 Å². The molecular formula is C55H38F6N3OP. The van der Waals surface area contributed by atoms with Crippen LogP contribution in [0.25, 0.3) is 50.9 Å². The molecule has 0 bridgehead atoms. The fraction of sp³-hybridized carbons (Fsp3) is 0.0727. The molecule has 1 aromatic heterocycles. The van der Waals surface area contributed by atoms with Gasteiger partial charge in [0, 0.05) is 39.1 Å². The van der Waals surface area contributed by atoms with Crippen molar-refractivity contribution in [2.24, 2.45) is 11.8 Å². The first-order valence-electron chi connectivity index (χ1n) is 21.0. The molecule has 0 saturated heterocycles. The molecule has 2 aliphatic rings. The van der Waals surface area contributed by atoms with Gasteiger partial charge in [-0.1, -0.05) is 127 Å². The van der Waals surface area contributed by atoms with Gasteiger partial charge in [0.25, 0.3) is 0 Å². The van der Waals surface area contributed by atoms with Crippen LogP contribution in [0.15, 0.2) is 187 Å². The van der Waals surface area contributed by atoms with E-state index in [1.165, 1.54) is 49.4 Å². The quantitative estimate of drug-likeness (QED) is 0.0594. The fourth-order valence-corrected chi connectivity index (χ4v) is 11.1. The van der Waals surface area contributed by atoms with Gasteiger partial charge in [0.05, 0.1) is 11.1 Å². The van der Waals surface area contributed by atoms with E-state index >= 15 is 17.6 Å². The molecule has 0 N–H and O–H groups in total. The smallest absolute Gasteiger partial charge is 0.170 e. The lowest BCUT2D eigenvalue weighted by Gasteiger charge is -2.33. The minimum Gasteiger partial charge on any atom is -0.309 e. The van der Waals surface area contributed by atoms with E-state index in [-0.39, 0.29) is 28.1 Å². The van der Waals surface area contributed by atoms with Gasteiger partial charge in [0.2, 0.25) is 0 Å². The lowest BCUT2D eigenvalue weighted by atomic mass is 9.71. The van der Waals surface area contributed by atoms with Crippen LogP contribution in [0.3, 0.4) is 0 Å². The number of fused-ring (bicyclic) bond motifs is 1. The van der Waals surface area contributed by atoms with Crippen molar-refractivity contribution in [3.8, 4) is 34.2 Å². The SMILES string of the molecule is C/C=C(\C=C(/C)P(=O)(c1ccccc1)c1ccccc1)c1c(F)c(F)c(C2=CC=C(c3ccc(-c4nc(-c5ccc(F)cc5)nc(-c5ccc(F)cc5)n4)cc3)C3C=CC=C[C@H]23)c(F)c1F. The first-order valence-corrected chi connectivity index (χ1v) is 22.8. The Hall–Kier alpha value is -7.42. The second-order valence-electron chi connectivity index (χ2n) is 15.8. The van der Waals surface area contributed by atoms with Gasteiger partial charge < -0.3 is 4.57 Å². The highest BCUT2D eigenvalue weighted by atomic mass is 31.2. The summed E-state index contributed by atoms with van der Waals surface area (Å²) in [6.45, 7) is 3.07. The summed E-state index contributed by atoms with van der Waals surface area (Å²) >= 11 is 0. The summed E-state index contributed by atoms with van der Waals surface area (Å²) in [5.41, 5.74) is 1.41. The topological polar surface area (TPSA) is 55.7 Å². The summed E-state index contributed by atoms with van der Waals surface area (Å²) in [4.78, 5) is 14.0. The molecule has 66 heavy (non-hydrogen) atoms. The van der Waals surface area contributed by atoms with Gasteiger partial charge in [-0.15, -0.1) is 0 Å². The van der Waals surface area contributed by atoms with E-state index in [9.17, 15) is 13.3 Å². The molecule has 2 atom stereocenters. The third kappa shape index (κ3) is 8.13. The van der Waals surface area contributed by atoms with Crippen LogP contribution in [0.1, 0.15) is 30.5 Å². The number of benzene rings is 6. The van der Waals surface area contributed by atoms with Crippen molar-refractivity contribution < 1.29 is 30.9 Å². The van der Waals surface area contributed by atoms with Crippen LogP contribution in [0, 0.1) is 46.7 Å². The highest BCUT2D eigenvalue weighted by Crippen LogP contribution is 2.53. The van der Waals surface area contributed by atoms with Crippen molar-refractivity contribution in [3.63, 3.8) is 0 Å². The van der Waals surface area contributed by atoms with Gasteiger partial charge in [-0.3, -0.25) is 0 Å². The summed E-state index contributed by atoms with van der Waals surface area (Å²) in [7, 11) is -3.56. The maximum atomic E-state index is 16.5. The molecule has 0 amide bonds. The van der Waals surface area contributed by atoms with Gasteiger partial charge >= 0.3 is 0 Å². The fourth-order valence-electron chi connectivity index (χ4n) is 8.50. The second kappa shape index (κ2) is 18.2. The minimum atomic E-state index is -3.56. The van der Waals surface area contributed by atoms with Gasteiger partial charge in [-0.2, -0.15) is 0 Å². The number of aromatic nitrogens is 3. The molecule has 4 nitrogen and oxygen atoms in total. The van der Waals surface area contributed by atoms with Crippen LogP contribution >= 0.6 is 7.14 Å². The summed E-state index contributed by atoms with van der Waals surface area (Å²) in [5, 5.41) is 1.24. The molecule has 0 radical (unpaired) electrons. The largest absolute Gasteiger partial charge is 0.309 e. The van der Waals surface area contributed by atoms with Gasteiger partial charge in [0.1, 0.15) is 11.6 Å². The van der Waals surface area contributed by atoms with Crippen LogP contribution in [0.5, 0.6) is 0 Å². The second-order valence-corrected chi connectivity index (χ2v) is 18.7. The van der Waals surface area contributed by atoms with E-state index < -0.39 is 65.0 Å². The standard InChI is InChI=1S/C55H38F6N3OP/c1-3-34(32-33(2)66(65,41-12-6-4-7-13-41)42-14-8-5-9-15-42)47-49(58)51(60)48(52(61)50(47)59)46-31-30-43(44-16-10-11-17-45(44)46)35-18-20-36(21-19-35)53-62-54(37-22-26-39(56)27-23-37)64-55(63-53)38-24-28-40(57)29-25-38/h3-32,44-45H,1-2H3/b33-32+,34-3+/t44?,45-/m0/s1. The first kappa shape index (κ1) is 43.8. The van der Waals surface area contributed by atoms with Crippen molar-refractivity contribution >= 4 is 34.5 Å². The molecule has 6 aromatic carbocycles. The minimum absolute atomic E-state index is 0.0542. The number of allylic oxidation sites excluding steroid dienone is 12. The van der Waals surface area contributed by atoms with Crippen molar-refractivity contribution in [2.75, 3.05) is 0 Å². The Morgan fingerprint density at radius 3 is 1.35 bits per heavy atom. The predicted octanol–water partition coefficient (Wildman–Crippen LogP) is 13.9. The number of hydrogen-bond acceptors (Lipinski definition) is 4. The van der Waals surface area contributed by atoms with Crippen LogP contribution in [0.2, 0.25) is 0 Å². The molecule has 1 heterocycles. The van der Waals surface area contributed by atoms with E-state index in [1.807, 2.05) is 18.2 Å². The van der Waals surface area contributed by atoms with Crippen molar-refractivity contribution in [2.45, 2.75) is 13.8 Å². The summed E-state index contributed by atoms with van der Waals surface area (Å²) in [5.74, 6) is -7.38. The Labute approximate surface area is 377 Å². The van der Waals surface area contributed by atoms with E-state index in [0.29, 0.717) is 33.1 Å². The Morgan fingerprint density at radius 2 is 0.909 bits per heavy atom. The van der Waals surface area contributed by atoms with Crippen molar-refractivity contribution in [1.29, 1.82) is 0 Å². The van der Waals surface area contributed by atoms with E-state index in [1.54, 1.807) is 128 Å². The molecule has 9 rings (SSSR count). The normalized spacial score (nSPS) is 16.2. The Balaban J connectivity index is 1.07. The van der Waals surface area contributed by atoms with Crippen molar-refractivity contribution in [1.82, 2.24) is 15.0 Å². The van der Waals surface area contributed by atoms with Crippen molar-refractivity contribution in [3.05, 3.63) is 239 Å². The molecule has 0 spiro atoms. The number of nitrogens with zero attached hydrogens (tertiary/aromatic N) is 3. The zero-order valence-corrected chi connectivity index (χ0v) is 36.3. The van der Waals surface area contributed by atoms with Crippen LogP contribution in [-0.4, -0.2) is 15.0 Å². The molecule has 326 valence electrons. The first-order chi connectivity index (χ1) is 32.0. The Bertz CT molecular complexity index is 3100. The number of halogens is 6. The van der Waals surface area contributed by atoms with Gasteiger partial charge in [0.15, 0.2) is 47.9 Å². The van der Waals surface area contributed by atoms with Gasteiger partial charge in [-0.05, 0) is 96.1 Å². The molecule has 11 heteroatoms. The molecule has 1 unspecified atom stereocenters. The monoisotopic (exact) mass is 901 g/mol. The van der Waals surface area contributed by atoms with Crippen LogP contribution in [0.4, 0.5) is 26.3 Å². The average Bonchev–Trinajstić information content (AvgIpc) is 3.36. The zero-order valence-electron chi connectivity index (χ0n) is 35.4. The summed E-state index contributed by atoms with van der Waals surface area (Å²) < 4.78 is 109. The number of hydrogen-bond donors (Lipinski definition) is 0. The summed E-state index contributed by atoms with van der Waals surface area (Å²) in [6, 6.07) is 36.1. The maximum absolute atomic E-state index is 16.5. The Morgan fingerprint density at radius 1 is 0.515 bits per heavy atom. The predicted molar refractivity (Wildman–Crippen MR) is 251 cm³/mol. The molecular weight excluding hydrogens is 864 g/mol. The highest BCUT2D eigenvalue weighted by Gasteiger charge is 2.37. The molecule has 0 saturated carbocycles. The summed E-state index contributed by atoms with van der Waals surface area (Å²) in [6.07, 6.45) is 13.0.